The van der Waals surface area contributed by atoms with Crippen LogP contribution in [0.2, 0.25) is 0 Å². The van der Waals surface area contributed by atoms with Gasteiger partial charge in [-0.2, -0.15) is 0 Å². The van der Waals surface area contributed by atoms with Gasteiger partial charge in [-0.3, -0.25) is 4.79 Å². The second kappa shape index (κ2) is 6.24. The molecule has 0 saturated carbocycles. The Morgan fingerprint density at radius 1 is 1.17 bits per heavy atom. The lowest BCUT2D eigenvalue weighted by Crippen LogP contribution is -2.67. The smallest absolute Gasteiger partial charge is 0.254 e. The maximum atomic E-state index is 12.5. The van der Waals surface area contributed by atoms with Crippen molar-refractivity contribution in [3.8, 4) is 5.88 Å². The molecule has 2 saturated heterocycles. The number of likely N-dealkylation sites (tertiary alicyclic amines) is 1. The van der Waals surface area contributed by atoms with Gasteiger partial charge >= 0.3 is 0 Å². The summed E-state index contributed by atoms with van der Waals surface area (Å²) in [5.74, 6) is 0.716. The summed E-state index contributed by atoms with van der Waals surface area (Å²) >= 11 is 0. The Balaban J connectivity index is 1.36. The molecule has 24 heavy (non-hydrogen) atoms. The fourth-order valence-electron chi connectivity index (χ4n) is 3.45. The summed E-state index contributed by atoms with van der Waals surface area (Å²) in [6.07, 6.45) is 3.46. The Morgan fingerprint density at radius 2 is 1.96 bits per heavy atom. The van der Waals surface area contributed by atoms with E-state index in [1.807, 2.05) is 53.4 Å². The molecule has 5 heteroatoms. The molecule has 2 fully saturated rings. The first-order chi connectivity index (χ1) is 11.7. The van der Waals surface area contributed by atoms with Crippen LogP contribution in [-0.2, 0) is 4.74 Å². The van der Waals surface area contributed by atoms with Crippen LogP contribution >= 0.6 is 0 Å². The van der Waals surface area contributed by atoms with Crippen LogP contribution in [0.5, 0.6) is 5.88 Å². The van der Waals surface area contributed by atoms with Crippen molar-refractivity contribution in [2.45, 2.75) is 24.5 Å². The third kappa shape index (κ3) is 2.99. The minimum Gasteiger partial charge on any atom is -0.474 e. The van der Waals surface area contributed by atoms with Gasteiger partial charge < -0.3 is 14.4 Å². The SMILES string of the molecule is O=C(c1ccccc1)N1CC2(CC(Oc3ccccn3)CCO2)C1. The van der Waals surface area contributed by atoms with Crippen molar-refractivity contribution in [3.63, 3.8) is 0 Å². The number of rotatable bonds is 3. The lowest BCUT2D eigenvalue weighted by Gasteiger charge is -2.52. The average Bonchev–Trinajstić information content (AvgIpc) is 2.61. The van der Waals surface area contributed by atoms with Crippen molar-refractivity contribution in [2.24, 2.45) is 0 Å². The summed E-state index contributed by atoms with van der Waals surface area (Å²) in [5, 5.41) is 0. The first-order valence-electron chi connectivity index (χ1n) is 8.30. The number of hydrogen-bond donors (Lipinski definition) is 0. The summed E-state index contributed by atoms with van der Waals surface area (Å²) in [5.41, 5.74) is 0.465. The van der Waals surface area contributed by atoms with Crippen LogP contribution in [0.1, 0.15) is 23.2 Å². The highest BCUT2D eigenvalue weighted by atomic mass is 16.5. The predicted molar refractivity (Wildman–Crippen MR) is 88.9 cm³/mol. The van der Waals surface area contributed by atoms with Crippen LogP contribution < -0.4 is 4.74 Å². The number of ether oxygens (including phenoxy) is 2. The summed E-state index contributed by atoms with van der Waals surface area (Å²) in [6, 6.07) is 15.0. The normalized spacial score (nSPS) is 22.0. The van der Waals surface area contributed by atoms with E-state index in [4.69, 9.17) is 9.47 Å². The predicted octanol–water partition coefficient (Wildman–Crippen LogP) is 2.53. The molecule has 1 atom stereocenters. The van der Waals surface area contributed by atoms with Crippen molar-refractivity contribution in [1.29, 1.82) is 0 Å². The molecule has 1 aromatic carbocycles. The zero-order valence-corrected chi connectivity index (χ0v) is 13.4. The third-order valence-corrected chi connectivity index (χ3v) is 4.64. The molecule has 0 radical (unpaired) electrons. The van der Waals surface area contributed by atoms with Crippen molar-refractivity contribution < 1.29 is 14.3 Å². The quantitative estimate of drug-likeness (QED) is 0.870. The molecule has 1 amide bonds. The van der Waals surface area contributed by atoms with E-state index < -0.39 is 0 Å². The second-order valence-corrected chi connectivity index (χ2v) is 6.46. The Hall–Kier alpha value is -2.40. The van der Waals surface area contributed by atoms with E-state index >= 15 is 0 Å². The van der Waals surface area contributed by atoms with Gasteiger partial charge in [0.1, 0.15) is 11.7 Å². The van der Waals surface area contributed by atoms with Crippen LogP contribution in [0.25, 0.3) is 0 Å². The largest absolute Gasteiger partial charge is 0.474 e. The van der Waals surface area contributed by atoms with Crippen LogP contribution in [0.15, 0.2) is 54.7 Å². The Labute approximate surface area is 141 Å². The molecular formula is C19H20N2O3. The Kier molecular flexibility index (Phi) is 3.94. The zero-order chi connectivity index (χ0) is 16.4. The van der Waals surface area contributed by atoms with Gasteiger partial charge in [0.15, 0.2) is 0 Å². The van der Waals surface area contributed by atoms with Crippen molar-refractivity contribution in [1.82, 2.24) is 9.88 Å². The van der Waals surface area contributed by atoms with E-state index in [0.717, 1.165) is 18.4 Å². The fourth-order valence-corrected chi connectivity index (χ4v) is 3.45. The molecule has 1 spiro atoms. The summed E-state index contributed by atoms with van der Waals surface area (Å²) < 4.78 is 12.0. The van der Waals surface area contributed by atoms with Crippen molar-refractivity contribution >= 4 is 5.91 Å². The standard InChI is InChI=1S/C19H20N2O3/c22-18(15-6-2-1-3-7-15)21-13-19(14-21)12-16(9-11-23-19)24-17-8-4-5-10-20-17/h1-8,10,16H,9,11-14H2. The maximum Gasteiger partial charge on any atom is 0.254 e. The van der Waals surface area contributed by atoms with Gasteiger partial charge in [0.05, 0.1) is 19.7 Å². The van der Waals surface area contributed by atoms with E-state index in [2.05, 4.69) is 4.98 Å². The fraction of sp³-hybridized carbons (Fsp3) is 0.368. The number of benzene rings is 1. The lowest BCUT2D eigenvalue weighted by molar-refractivity contribution is -0.174. The van der Waals surface area contributed by atoms with Gasteiger partial charge in [0.2, 0.25) is 5.88 Å². The molecule has 2 aliphatic rings. The highest BCUT2D eigenvalue weighted by Crippen LogP contribution is 2.36. The Morgan fingerprint density at radius 3 is 2.71 bits per heavy atom. The molecule has 5 nitrogen and oxygen atoms in total. The molecule has 124 valence electrons. The van der Waals surface area contributed by atoms with E-state index in [1.54, 1.807) is 6.20 Å². The molecule has 2 aromatic rings. The van der Waals surface area contributed by atoms with E-state index in [-0.39, 0.29) is 17.6 Å². The van der Waals surface area contributed by atoms with Gasteiger partial charge in [0, 0.05) is 30.7 Å². The molecule has 1 aromatic heterocycles. The lowest BCUT2D eigenvalue weighted by atomic mass is 9.84. The highest BCUT2D eigenvalue weighted by Gasteiger charge is 2.50. The van der Waals surface area contributed by atoms with E-state index in [9.17, 15) is 4.79 Å². The van der Waals surface area contributed by atoms with Crippen molar-refractivity contribution in [2.75, 3.05) is 19.7 Å². The third-order valence-electron chi connectivity index (χ3n) is 4.64. The molecule has 3 heterocycles. The first kappa shape index (κ1) is 15.1. The minimum absolute atomic E-state index is 0.0672. The summed E-state index contributed by atoms with van der Waals surface area (Å²) in [4.78, 5) is 18.5. The number of nitrogens with zero attached hydrogens (tertiary/aromatic N) is 2. The van der Waals surface area contributed by atoms with Gasteiger partial charge in [-0.1, -0.05) is 24.3 Å². The van der Waals surface area contributed by atoms with Crippen LogP contribution in [-0.4, -0.2) is 47.2 Å². The number of carbonyl (C=O) groups is 1. The van der Waals surface area contributed by atoms with Crippen LogP contribution in [0.3, 0.4) is 0 Å². The Bertz CT molecular complexity index is 699. The van der Waals surface area contributed by atoms with E-state index in [0.29, 0.717) is 25.6 Å². The molecule has 0 aliphatic carbocycles. The van der Waals surface area contributed by atoms with Crippen molar-refractivity contribution in [3.05, 3.63) is 60.3 Å². The van der Waals surface area contributed by atoms with Crippen LogP contribution in [0, 0.1) is 0 Å². The number of hydrogen-bond acceptors (Lipinski definition) is 4. The second-order valence-electron chi connectivity index (χ2n) is 6.46. The van der Waals surface area contributed by atoms with Gasteiger partial charge in [-0.05, 0) is 18.2 Å². The first-order valence-corrected chi connectivity index (χ1v) is 8.30. The average molecular weight is 324 g/mol. The monoisotopic (exact) mass is 324 g/mol. The summed E-state index contributed by atoms with van der Waals surface area (Å²) in [6.45, 7) is 1.91. The number of amides is 1. The highest BCUT2D eigenvalue weighted by molar-refractivity contribution is 5.94. The molecule has 2 aliphatic heterocycles. The maximum absolute atomic E-state index is 12.5. The summed E-state index contributed by atoms with van der Waals surface area (Å²) in [7, 11) is 0. The number of pyridine rings is 1. The molecule has 1 unspecified atom stereocenters. The molecular weight excluding hydrogens is 304 g/mol. The van der Waals surface area contributed by atoms with Crippen LogP contribution in [0.4, 0.5) is 0 Å². The van der Waals surface area contributed by atoms with E-state index in [1.165, 1.54) is 0 Å². The number of aromatic nitrogens is 1. The molecule has 0 N–H and O–H groups in total. The topological polar surface area (TPSA) is 51.7 Å². The van der Waals surface area contributed by atoms with Gasteiger partial charge in [0.25, 0.3) is 5.91 Å². The zero-order valence-electron chi connectivity index (χ0n) is 13.4. The van der Waals surface area contributed by atoms with Gasteiger partial charge in [-0.25, -0.2) is 4.98 Å². The molecule has 0 bridgehead atoms. The molecule has 4 rings (SSSR count). The minimum atomic E-state index is -0.262. The number of carbonyl (C=O) groups excluding carboxylic acids is 1. The van der Waals surface area contributed by atoms with Gasteiger partial charge in [-0.15, -0.1) is 0 Å².